The van der Waals surface area contributed by atoms with Gasteiger partial charge in [0.2, 0.25) is 5.91 Å². The summed E-state index contributed by atoms with van der Waals surface area (Å²) in [4.78, 5) is 24.5. The van der Waals surface area contributed by atoms with Crippen LogP contribution in [-0.2, 0) is 4.79 Å². The molecule has 3 rings (SSSR count). The first kappa shape index (κ1) is 20.8. The summed E-state index contributed by atoms with van der Waals surface area (Å²) in [5, 5.41) is 10.8. The van der Waals surface area contributed by atoms with Crippen LogP contribution in [0.15, 0.2) is 60.7 Å². The Morgan fingerprint density at radius 1 is 0.931 bits per heavy atom. The van der Waals surface area contributed by atoms with Gasteiger partial charge in [-0.05, 0) is 54.4 Å². The maximum Gasteiger partial charge on any atom is 0.258 e. The molecule has 0 bridgehead atoms. The van der Waals surface area contributed by atoms with E-state index in [2.05, 4.69) is 16.0 Å². The summed E-state index contributed by atoms with van der Waals surface area (Å²) in [5.74, 6) is -0.377. The van der Waals surface area contributed by atoms with Gasteiger partial charge in [0.05, 0.1) is 0 Å². The second-order valence-electron chi connectivity index (χ2n) is 6.43. The van der Waals surface area contributed by atoms with E-state index < -0.39 is 0 Å². The fourth-order valence-electron chi connectivity index (χ4n) is 2.93. The van der Waals surface area contributed by atoms with Gasteiger partial charge >= 0.3 is 0 Å². The molecule has 0 radical (unpaired) electrons. The van der Waals surface area contributed by atoms with Gasteiger partial charge in [0.25, 0.3) is 5.91 Å². The van der Waals surface area contributed by atoms with Crippen LogP contribution in [0, 0.1) is 0 Å². The smallest absolute Gasteiger partial charge is 0.258 e. The van der Waals surface area contributed by atoms with E-state index in [1.165, 1.54) is 0 Å². The Morgan fingerprint density at radius 3 is 2.34 bits per heavy atom. The van der Waals surface area contributed by atoms with E-state index >= 15 is 0 Å². The van der Waals surface area contributed by atoms with Gasteiger partial charge in [-0.1, -0.05) is 48.9 Å². The van der Waals surface area contributed by atoms with E-state index in [0.717, 1.165) is 17.2 Å². The molecule has 0 aliphatic rings. The first-order chi connectivity index (χ1) is 14.0. The van der Waals surface area contributed by atoms with Crippen molar-refractivity contribution < 1.29 is 9.59 Å². The summed E-state index contributed by atoms with van der Waals surface area (Å²) in [6, 6.07) is 17.9. The van der Waals surface area contributed by atoms with E-state index in [4.69, 9.17) is 23.8 Å². The molecular weight excluding hydrogens is 406 g/mol. The molecule has 0 atom stereocenters. The van der Waals surface area contributed by atoms with E-state index in [1.54, 1.807) is 48.5 Å². The second-order valence-corrected chi connectivity index (χ2v) is 7.24. The minimum Gasteiger partial charge on any atom is -0.332 e. The largest absolute Gasteiger partial charge is 0.332 e. The highest BCUT2D eigenvalue weighted by atomic mass is 35.5. The number of carbonyl (C=O) groups excluding carboxylic acids is 2. The highest BCUT2D eigenvalue weighted by Gasteiger charge is 2.13. The summed E-state index contributed by atoms with van der Waals surface area (Å²) >= 11 is 11.5. The Bertz CT molecular complexity index is 1080. The molecule has 0 aliphatic heterocycles. The second kappa shape index (κ2) is 9.49. The number of hydrogen-bond acceptors (Lipinski definition) is 3. The van der Waals surface area contributed by atoms with Gasteiger partial charge in [-0.15, -0.1) is 0 Å². The fraction of sp³-hybridized carbons (Fsp3) is 0.136. The van der Waals surface area contributed by atoms with Crippen LogP contribution in [0.25, 0.3) is 10.8 Å². The van der Waals surface area contributed by atoms with Crippen LogP contribution in [0.2, 0.25) is 5.02 Å². The zero-order valence-corrected chi connectivity index (χ0v) is 17.4. The van der Waals surface area contributed by atoms with Crippen molar-refractivity contribution in [3.63, 3.8) is 0 Å². The number of fused-ring (bicyclic) bond motifs is 1. The van der Waals surface area contributed by atoms with Crippen LogP contribution in [0.5, 0.6) is 0 Å². The molecule has 0 saturated carbocycles. The summed E-state index contributed by atoms with van der Waals surface area (Å²) in [6.45, 7) is 1.95. The first-order valence-corrected chi connectivity index (χ1v) is 9.96. The van der Waals surface area contributed by atoms with Gasteiger partial charge in [-0.2, -0.15) is 0 Å². The van der Waals surface area contributed by atoms with Crippen molar-refractivity contribution in [2.45, 2.75) is 19.8 Å². The number of anilines is 2. The quantitative estimate of drug-likeness (QED) is 0.481. The topological polar surface area (TPSA) is 70.2 Å². The molecule has 5 nitrogen and oxygen atoms in total. The summed E-state index contributed by atoms with van der Waals surface area (Å²) < 4.78 is 0. The van der Waals surface area contributed by atoms with Gasteiger partial charge in [0.1, 0.15) is 0 Å². The Balaban J connectivity index is 1.69. The minimum absolute atomic E-state index is 0.0462. The Hall–Kier alpha value is -2.96. The zero-order chi connectivity index (χ0) is 20.8. The van der Waals surface area contributed by atoms with E-state index in [-0.39, 0.29) is 16.9 Å². The Morgan fingerprint density at radius 2 is 1.59 bits per heavy atom. The highest BCUT2D eigenvalue weighted by molar-refractivity contribution is 7.80. The number of carbonyl (C=O) groups is 2. The lowest BCUT2D eigenvalue weighted by atomic mass is 10.0. The number of amides is 2. The lowest BCUT2D eigenvalue weighted by Gasteiger charge is -2.12. The lowest BCUT2D eigenvalue weighted by molar-refractivity contribution is -0.116. The van der Waals surface area contributed by atoms with Crippen LogP contribution in [0.1, 0.15) is 30.1 Å². The number of benzene rings is 3. The molecule has 148 valence electrons. The van der Waals surface area contributed by atoms with Crippen molar-refractivity contribution in [1.29, 1.82) is 0 Å². The molecule has 0 spiro atoms. The molecule has 29 heavy (non-hydrogen) atoms. The third-order valence-corrected chi connectivity index (χ3v) is 4.76. The standard InChI is InChI=1S/C22H20ClN3O2S/c1-2-6-20(27)24-14-7-3-8-15(13-14)25-22(29)26-21(28)18-11-4-10-17-16(18)9-5-12-19(17)23/h3-5,7-13H,2,6H2,1H3,(H,24,27)(H2,25,26,28,29). The zero-order valence-electron chi connectivity index (χ0n) is 15.8. The van der Waals surface area contributed by atoms with Gasteiger partial charge < -0.3 is 10.6 Å². The molecule has 0 heterocycles. The van der Waals surface area contributed by atoms with E-state index in [1.807, 2.05) is 19.1 Å². The van der Waals surface area contributed by atoms with Crippen LogP contribution < -0.4 is 16.0 Å². The molecule has 0 aromatic heterocycles. The van der Waals surface area contributed by atoms with Crippen molar-refractivity contribution >= 4 is 62.9 Å². The molecule has 3 N–H and O–H groups in total. The summed E-state index contributed by atoms with van der Waals surface area (Å²) in [5.41, 5.74) is 1.80. The summed E-state index contributed by atoms with van der Waals surface area (Å²) in [7, 11) is 0. The molecule has 0 aliphatic carbocycles. The molecule has 2 amide bonds. The maximum absolute atomic E-state index is 12.7. The number of thiocarbonyl (C=S) groups is 1. The molecule has 7 heteroatoms. The first-order valence-electron chi connectivity index (χ1n) is 9.17. The maximum atomic E-state index is 12.7. The Labute approximate surface area is 179 Å². The van der Waals surface area contributed by atoms with Crippen molar-refractivity contribution in [2.24, 2.45) is 0 Å². The van der Waals surface area contributed by atoms with Gasteiger partial charge in [0, 0.05) is 33.8 Å². The molecular formula is C22H20ClN3O2S. The van der Waals surface area contributed by atoms with Crippen molar-refractivity contribution in [1.82, 2.24) is 5.32 Å². The van der Waals surface area contributed by atoms with Crippen LogP contribution in [0.4, 0.5) is 11.4 Å². The third kappa shape index (κ3) is 5.31. The minimum atomic E-state index is -0.331. The van der Waals surface area contributed by atoms with Gasteiger partial charge in [-0.25, -0.2) is 0 Å². The summed E-state index contributed by atoms with van der Waals surface area (Å²) in [6.07, 6.45) is 1.24. The molecule has 0 fully saturated rings. The molecule has 3 aromatic rings. The number of nitrogens with one attached hydrogen (secondary N) is 3. The van der Waals surface area contributed by atoms with Crippen LogP contribution in [-0.4, -0.2) is 16.9 Å². The van der Waals surface area contributed by atoms with Crippen LogP contribution in [0.3, 0.4) is 0 Å². The van der Waals surface area contributed by atoms with Gasteiger partial charge in [0.15, 0.2) is 5.11 Å². The van der Waals surface area contributed by atoms with Crippen LogP contribution >= 0.6 is 23.8 Å². The number of hydrogen-bond donors (Lipinski definition) is 3. The molecule has 0 saturated heterocycles. The fourth-order valence-corrected chi connectivity index (χ4v) is 3.38. The lowest BCUT2D eigenvalue weighted by Crippen LogP contribution is -2.34. The van der Waals surface area contributed by atoms with Crippen molar-refractivity contribution in [3.05, 3.63) is 71.2 Å². The van der Waals surface area contributed by atoms with Crippen molar-refractivity contribution in [2.75, 3.05) is 10.6 Å². The number of halogens is 1. The van der Waals surface area contributed by atoms with E-state index in [9.17, 15) is 9.59 Å². The molecule has 0 unspecified atom stereocenters. The Kier molecular flexibility index (Phi) is 6.80. The molecule has 3 aromatic carbocycles. The monoisotopic (exact) mass is 425 g/mol. The van der Waals surface area contributed by atoms with Gasteiger partial charge in [-0.3, -0.25) is 14.9 Å². The third-order valence-electron chi connectivity index (χ3n) is 4.22. The predicted octanol–water partition coefficient (Wildman–Crippen LogP) is 5.36. The predicted molar refractivity (Wildman–Crippen MR) is 123 cm³/mol. The average molecular weight is 426 g/mol. The number of rotatable bonds is 5. The normalized spacial score (nSPS) is 10.4. The highest BCUT2D eigenvalue weighted by Crippen LogP contribution is 2.26. The van der Waals surface area contributed by atoms with Crippen molar-refractivity contribution in [3.8, 4) is 0 Å². The average Bonchev–Trinajstić information content (AvgIpc) is 2.68. The van der Waals surface area contributed by atoms with E-state index in [0.29, 0.717) is 28.4 Å². The SMILES string of the molecule is CCCC(=O)Nc1cccc(NC(=S)NC(=O)c2cccc3c(Cl)cccc23)c1.